The summed E-state index contributed by atoms with van der Waals surface area (Å²) in [4.78, 5) is 1.20. The number of benzene rings is 1. The lowest BCUT2D eigenvalue weighted by Gasteiger charge is -2.02. The highest BCUT2D eigenvalue weighted by atomic mass is 35.5. The number of nitriles is 1. The van der Waals surface area contributed by atoms with E-state index in [-0.39, 0.29) is 4.99 Å². The van der Waals surface area contributed by atoms with Crippen molar-refractivity contribution >= 4 is 57.2 Å². The number of nitrogens with zero attached hydrogens (tertiary/aromatic N) is 1. The standard InChI is InChI=1S/C12H7ClN2S3/c13-8-3-1-7(2-4-8)10-6-17-12(18-10)9(5-14)11(15)16/h1-4,6H,(H2,15,16). The van der Waals surface area contributed by atoms with Crippen LogP contribution in [0, 0.1) is 11.3 Å². The van der Waals surface area contributed by atoms with E-state index in [4.69, 9.17) is 34.8 Å². The van der Waals surface area contributed by atoms with E-state index >= 15 is 0 Å². The van der Waals surface area contributed by atoms with Gasteiger partial charge in [0.2, 0.25) is 0 Å². The molecule has 2 nitrogen and oxygen atoms in total. The number of hydrogen-bond donors (Lipinski definition) is 1. The first-order chi connectivity index (χ1) is 8.61. The van der Waals surface area contributed by atoms with Crippen molar-refractivity contribution in [2.45, 2.75) is 0 Å². The molecule has 2 rings (SSSR count). The second-order valence-electron chi connectivity index (χ2n) is 3.35. The van der Waals surface area contributed by atoms with Gasteiger partial charge in [-0.3, -0.25) is 0 Å². The molecule has 1 aliphatic heterocycles. The first-order valence-corrected chi connectivity index (χ1v) is 7.35. The number of hydrogen-bond acceptors (Lipinski definition) is 4. The van der Waals surface area contributed by atoms with Crippen LogP contribution < -0.4 is 5.73 Å². The van der Waals surface area contributed by atoms with Crippen LogP contribution in [-0.2, 0) is 0 Å². The average molecular weight is 311 g/mol. The molecule has 18 heavy (non-hydrogen) atoms. The molecule has 0 bridgehead atoms. The fourth-order valence-electron chi connectivity index (χ4n) is 1.31. The Balaban J connectivity index is 2.25. The fourth-order valence-corrected chi connectivity index (χ4v) is 3.99. The first-order valence-electron chi connectivity index (χ1n) is 4.86. The van der Waals surface area contributed by atoms with E-state index in [0.29, 0.717) is 10.6 Å². The Labute approximate surface area is 124 Å². The molecule has 1 heterocycles. The zero-order valence-electron chi connectivity index (χ0n) is 9.01. The molecule has 0 fully saturated rings. The Morgan fingerprint density at radius 2 is 2.00 bits per heavy atom. The van der Waals surface area contributed by atoms with Crippen LogP contribution in [0.2, 0.25) is 5.02 Å². The van der Waals surface area contributed by atoms with Crippen molar-refractivity contribution in [1.82, 2.24) is 0 Å². The molecule has 0 radical (unpaired) electrons. The van der Waals surface area contributed by atoms with Crippen molar-refractivity contribution in [3.8, 4) is 6.07 Å². The van der Waals surface area contributed by atoms with Gasteiger partial charge < -0.3 is 5.73 Å². The molecule has 90 valence electrons. The van der Waals surface area contributed by atoms with Crippen molar-refractivity contribution in [2.24, 2.45) is 5.73 Å². The second kappa shape index (κ2) is 5.81. The van der Waals surface area contributed by atoms with Crippen LogP contribution in [0.5, 0.6) is 0 Å². The maximum Gasteiger partial charge on any atom is 0.116 e. The van der Waals surface area contributed by atoms with E-state index in [1.54, 1.807) is 0 Å². The molecular weight excluding hydrogens is 304 g/mol. The molecule has 0 amide bonds. The molecular formula is C12H7ClN2S3. The molecule has 0 unspecified atom stereocenters. The normalized spacial score (nSPS) is 17.0. The van der Waals surface area contributed by atoms with Crippen LogP contribution in [0.4, 0.5) is 0 Å². The van der Waals surface area contributed by atoms with Gasteiger partial charge in [0.25, 0.3) is 0 Å². The third kappa shape index (κ3) is 2.90. The highest BCUT2D eigenvalue weighted by molar-refractivity contribution is 8.31. The lowest BCUT2D eigenvalue weighted by atomic mass is 10.2. The maximum absolute atomic E-state index is 9.01. The Hall–Kier alpha value is -0.930. The van der Waals surface area contributed by atoms with Gasteiger partial charge in [-0.15, -0.1) is 0 Å². The van der Waals surface area contributed by atoms with Crippen LogP contribution >= 0.6 is 47.3 Å². The SMILES string of the molecule is N#CC(C(N)=S)=C1SC=C(c2ccc(Cl)cc2)S1. The van der Waals surface area contributed by atoms with Gasteiger partial charge in [0, 0.05) is 9.93 Å². The summed E-state index contributed by atoms with van der Waals surface area (Å²) >= 11 is 13.7. The number of thiocarbonyl (C=S) groups is 1. The molecule has 0 aliphatic carbocycles. The van der Waals surface area contributed by atoms with Gasteiger partial charge in [-0.05, 0) is 23.1 Å². The van der Waals surface area contributed by atoms with Crippen LogP contribution in [0.15, 0.2) is 39.5 Å². The molecule has 1 aromatic rings. The predicted octanol–water partition coefficient (Wildman–Crippen LogP) is 4.14. The zero-order chi connectivity index (χ0) is 13.1. The molecule has 0 atom stereocenters. The highest BCUT2D eigenvalue weighted by Gasteiger charge is 2.19. The molecule has 1 aromatic carbocycles. The number of rotatable bonds is 2. The lowest BCUT2D eigenvalue weighted by Crippen LogP contribution is -2.10. The minimum atomic E-state index is 0.137. The molecule has 0 saturated carbocycles. The molecule has 1 aliphatic rings. The van der Waals surface area contributed by atoms with Crippen molar-refractivity contribution in [3.63, 3.8) is 0 Å². The van der Waals surface area contributed by atoms with Gasteiger partial charge in [-0.25, -0.2) is 0 Å². The fraction of sp³-hybridized carbons (Fsp3) is 0. The minimum Gasteiger partial charge on any atom is -0.389 e. The summed E-state index contributed by atoms with van der Waals surface area (Å²) in [6.45, 7) is 0. The molecule has 0 saturated heterocycles. The predicted molar refractivity (Wildman–Crippen MR) is 84.0 cm³/mol. The van der Waals surface area contributed by atoms with E-state index in [0.717, 1.165) is 14.7 Å². The molecule has 0 spiro atoms. The van der Waals surface area contributed by atoms with Crippen LogP contribution in [-0.4, -0.2) is 4.99 Å². The monoisotopic (exact) mass is 310 g/mol. The van der Waals surface area contributed by atoms with Crippen molar-refractivity contribution in [3.05, 3.63) is 50.1 Å². The van der Waals surface area contributed by atoms with Gasteiger partial charge >= 0.3 is 0 Å². The summed E-state index contributed by atoms with van der Waals surface area (Å²) in [5, 5.41) is 11.7. The average Bonchev–Trinajstić information content (AvgIpc) is 2.80. The summed E-state index contributed by atoms with van der Waals surface area (Å²) in [7, 11) is 0. The smallest absolute Gasteiger partial charge is 0.116 e. The van der Waals surface area contributed by atoms with Crippen molar-refractivity contribution in [2.75, 3.05) is 0 Å². The topological polar surface area (TPSA) is 49.8 Å². The van der Waals surface area contributed by atoms with Crippen LogP contribution in [0.25, 0.3) is 4.91 Å². The Morgan fingerprint density at radius 3 is 2.56 bits per heavy atom. The summed E-state index contributed by atoms with van der Waals surface area (Å²) < 4.78 is 0.829. The van der Waals surface area contributed by atoms with Crippen LogP contribution in [0.1, 0.15) is 5.56 Å². The zero-order valence-corrected chi connectivity index (χ0v) is 12.2. The largest absolute Gasteiger partial charge is 0.389 e. The first kappa shape index (κ1) is 13.5. The molecule has 2 N–H and O–H groups in total. The summed E-state index contributed by atoms with van der Waals surface area (Å²) in [6, 6.07) is 9.60. The van der Waals surface area contributed by atoms with E-state index in [2.05, 4.69) is 0 Å². The Morgan fingerprint density at radius 1 is 1.33 bits per heavy atom. The number of thioether (sulfide) groups is 2. The summed E-state index contributed by atoms with van der Waals surface area (Å²) in [5.41, 5.74) is 6.95. The van der Waals surface area contributed by atoms with Crippen molar-refractivity contribution < 1.29 is 0 Å². The Bertz CT molecular complexity index is 597. The van der Waals surface area contributed by atoms with E-state index in [1.165, 1.54) is 23.5 Å². The number of nitrogens with two attached hydrogens (primary N) is 1. The molecule has 0 aromatic heterocycles. The highest BCUT2D eigenvalue weighted by Crippen LogP contribution is 2.49. The second-order valence-corrected chi connectivity index (χ2v) is 6.41. The minimum absolute atomic E-state index is 0.137. The van der Waals surface area contributed by atoms with E-state index < -0.39 is 0 Å². The maximum atomic E-state index is 9.01. The van der Waals surface area contributed by atoms with E-state index in [1.807, 2.05) is 35.7 Å². The van der Waals surface area contributed by atoms with Gasteiger partial charge in [0.15, 0.2) is 0 Å². The van der Waals surface area contributed by atoms with E-state index in [9.17, 15) is 0 Å². The van der Waals surface area contributed by atoms with Gasteiger partial charge in [-0.2, -0.15) is 5.26 Å². The van der Waals surface area contributed by atoms with Gasteiger partial charge in [-0.1, -0.05) is 59.5 Å². The Kier molecular flexibility index (Phi) is 4.36. The lowest BCUT2D eigenvalue weighted by molar-refractivity contribution is 1.51. The third-order valence-corrected chi connectivity index (χ3v) is 5.05. The summed E-state index contributed by atoms with van der Waals surface area (Å²) in [5.74, 6) is 0. The third-order valence-electron chi connectivity index (χ3n) is 2.17. The summed E-state index contributed by atoms with van der Waals surface area (Å²) in [6.07, 6.45) is 0. The quantitative estimate of drug-likeness (QED) is 0.505. The number of halogens is 1. The van der Waals surface area contributed by atoms with Gasteiger partial charge in [0.05, 0.1) is 4.24 Å². The van der Waals surface area contributed by atoms with Crippen molar-refractivity contribution in [1.29, 1.82) is 5.26 Å². The van der Waals surface area contributed by atoms with Gasteiger partial charge in [0.1, 0.15) is 16.6 Å². The van der Waals surface area contributed by atoms with Crippen LogP contribution in [0.3, 0.4) is 0 Å². The molecule has 6 heteroatoms.